The monoisotopic (exact) mass is 320 g/mol. The van der Waals surface area contributed by atoms with Crippen LogP contribution >= 0.6 is 11.6 Å². The Kier molecular flexibility index (Phi) is 3.89. The summed E-state index contributed by atoms with van der Waals surface area (Å²) >= 11 is 5.85. The molecule has 5 heteroatoms. The van der Waals surface area contributed by atoms with E-state index in [0.29, 0.717) is 5.15 Å². The zero-order chi connectivity index (χ0) is 15.9. The van der Waals surface area contributed by atoms with Crippen molar-refractivity contribution in [3.05, 3.63) is 35.1 Å². The fourth-order valence-corrected chi connectivity index (χ4v) is 3.32. The van der Waals surface area contributed by atoms with Crippen molar-refractivity contribution < 1.29 is 9.53 Å². The molecule has 22 heavy (non-hydrogen) atoms. The predicted molar refractivity (Wildman–Crippen MR) is 86.7 cm³/mol. The first-order valence-electron chi connectivity index (χ1n) is 7.67. The van der Waals surface area contributed by atoms with E-state index in [2.05, 4.69) is 11.1 Å². The minimum atomic E-state index is -0.458. The summed E-state index contributed by atoms with van der Waals surface area (Å²) in [7, 11) is 0. The Balaban J connectivity index is 1.80. The number of halogens is 1. The second-order valence-corrected chi connectivity index (χ2v) is 7.34. The average molecular weight is 321 g/mol. The molecule has 1 fully saturated rings. The van der Waals surface area contributed by atoms with E-state index in [4.69, 9.17) is 16.3 Å². The van der Waals surface area contributed by atoms with Crippen LogP contribution in [-0.2, 0) is 4.74 Å². The molecule has 2 atom stereocenters. The molecule has 3 rings (SSSR count). The lowest BCUT2D eigenvalue weighted by Crippen LogP contribution is -2.45. The number of hydrogen-bond acceptors (Lipinski definition) is 3. The largest absolute Gasteiger partial charge is 0.444 e. The van der Waals surface area contributed by atoms with Gasteiger partial charge in [0.15, 0.2) is 0 Å². The molecule has 1 saturated heterocycles. The molecular formula is C17H21ClN2O2. The van der Waals surface area contributed by atoms with E-state index in [0.717, 1.165) is 24.8 Å². The number of aromatic nitrogens is 1. The summed E-state index contributed by atoms with van der Waals surface area (Å²) in [5.74, 6) is 0. The summed E-state index contributed by atoms with van der Waals surface area (Å²) in [5.41, 5.74) is 1.88. The maximum atomic E-state index is 12.4. The van der Waals surface area contributed by atoms with Crippen LogP contribution in [0.25, 0.3) is 5.57 Å². The Bertz CT molecular complexity index is 604. The zero-order valence-electron chi connectivity index (χ0n) is 13.2. The van der Waals surface area contributed by atoms with Crippen LogP contribution in [0.3, 0.4) is 0 Å². The van der Waals surface area contributed by atoms with Crippen LogP contribution in [0.2, 0.25) is 5.15 Å². The number of rotatable bonds is 1. The van der Waals surface area contributed by atoms with Gasteiger partial charge in [-0.05, 0) is 57.2 Å². The van der Waals surface area contributed by atoms with Crippen molar-refractivity contribution in [2.24, 2.45) is 0 Å². The van der Waals surface area contributed by atoms with Crippen molar-refractivity contribution in [2.75, 3.05) is 0 Å². The molecule has 1 aromatic heterocycles. The first-order chi connectivity index (χ1) is 10.3. The van der Waals surface area contributed by atoms with Crippen molar-refractivity contribution in [3.8, 4) is 0 Å². The summed E-state index contributed by atoms with van der Waals surface area (Å²) in [4.78, 5) is 18.5. The van der Waals surface area contributed by atoms with Gasteiger partial charge >= 0.3 is 6.09 Å². The third-order valence-electron chi connectivity index (χ3n) is 4.10. The molecule has 2 bridgehead atoms. The second-order valence-electron chi connectivity index (χ2n) is 6.95. The molecule has 4 nitrogen and oxygen atoms in total. The van der Waals surface area contributed by atoms with Gasteiger partial charge in [-0.2, -0.15) is 0 Å². The van der Waals surface area contributed by atoms with E-state index in [9.17, 15) is 4.79 Å². The molecule has 1 aromatic rings. The second kappa shape index (κ2) is 5.58. The molecule has 0 N–H and O–H groups in total. The van der Waals surface area contributed by atoms with Gasteiger partial charge in [0.2, 0.25) is 0 Å². The molecule has 2 unspecified atom stereocenters. The van der Waals surface area contributed by atoms with Crippen LogP contribution in [0, 0.1) is 0 Å². The minimum Gasteiger partial charge on any atom is -0.444 e. The van der Waals surface area contributed by atoms with Gasteiger partial charge in [-0.3, -0.25) is 4.90 Å². The van der Waals surface area contributed by atoms with Crippen LogP contribution in [-0.4, -0.2) is 33.7 Å². The van der Waals surface area contributed by atoms with Crippen LogP contribution in [0.4, 0.5) is 4.79 Å². The Morgan fingerprint density at radius 2 is 2.14 bits per heavy atom. The first kappa shape index (κ1) is 15.3. The van der Waals surface area contributed by atoms with Crippen LogP contribution in [0.5, 0.6) is 0 Å². The highest BCUT2D eigenvalue weighted by molar-refractivity contribution is 6.29. The predicted octanol–water partition coefficient (Wildman–Crippen LogP) is 4.29. The molecule has 0 aromatic carbocycles. The summed E-state index contributed by atoms with van der Waals surface area (Å²) in [6, 6.07) is 4.14. The first-order valence-corrected chi connectivity index (χ1v) is 8.05. The maximum absolute atomic E-state index is 12.4. The lowest BCUT2D eigenvalue weighted by atomic mass is 9.96. The average Bonchev–Trinajstić information content (AvgIpc) is 2.69. The van der Waals surface area contributed by atoms with E-state index in [1.807, 2.05) is 31.7 Å². The highest BCUT2D eigenvalue weighted by Crippen LogP contribution is 2.39. The molecule has 118 valence electrons. The number of pyridine rings is 1. The van der Waals surface area contributed by atoms with Crippen LogP contribution in [0.1, 0.15) is 45.6 Å². The summed E-state index contributed by atoms with van der Waals surface area (Å²) < 4.78 is 5.54. The molecule has 1 amide bonds. The Hall–Kier alpha value is -1.55. The number of hydrogen-bond donors (Lipinski definition) is 0. The third-order valence-corrected chi connectivity index (χ3v) is 4.32. The molecular weight excluding hydrogens is 300 g/mol. The van der Waals surface area contributed by atoms with Crippen molar-refractivity contribution in [1.82, 2.24) is 9.88 Å². The molecule has 2 aliphatic heterocycles. The van der Waals surface area contributed by atoms with E-state index in [1.54, 1.807) is 12.3 Å². The van der Waals surface area contributed by atoms with Crippen LogP contribution < -0.4 is 0 Å². The number of ether oxygens (including phenoxy) is 1. The Labute approximate surface area is 136 Å². The molecule has 0 aliphatic carbocycles. The number of amides is 1. The minimum absolute atomic E-state index is 0.124. The van der Waals surface area contributed by atoms with Crippen molar-refractivity contribution >= 4 is 23.3 Å². The molecule has 0 radical (unpaired) electrons. The van der Waals surface area contributed by atoms with Crippen molar-refractivity contribution in [2.45, 2.75) is 57.7 Å². The molecule has 2 aliphatic rings. The Morgan fingerprint density at radius 1 is 1.36 bits per heavy atom. The fraction of sp³-hybridized carbons (Fsp3) is 0.529. The lowest BCUT2D eigenvalue weighted by molar-refractivity contribution is 0.0175. The van der Waals surface area contributed by atoms with E-state index >= 15 is 0 Å². The van der Waals surface area contributed by atoms with Crippen molar-refractivity contribution in [3.63, 3.8) is 0 Å². The van der Waals surface area contributed by atoms with Gasteiger partial charge in [0.25, 0.3) is 0 Å². The smallest absolute Gasteiger partial charge is 0.411 e. The SMILES string of the molecule is CC(C)(C)OC(=O)N1C2C=C(c3ccc(Cl)nc3)CC1CC2. The Morgan fingerprint density at radius 3 is 2.73 bits per heavy atom. The highest BCUT2D eigenvalue weighted by Gasteiger charge is 2.41. The summed E-state index contributed by atoms with van der Waals surface area (Å²) in [5, 5.41) is 0.499. The fourth-order valence-electron chi connectivity index (χ4n) is 3.21. The van der Waals surface area contributed by atoms with Gasteiger partial charge in [-0.15, -0.1) is 0 Å². The van der Waals surface area contributed by atoms with Gasteiger partial charge < -0.3 is 4.74 Å². The van der Waals surface area contributed by atoms with Crippen molar-refractivity contribution in [1.29, 1.82) is 0 Å². The molecule has 3 heterocycles. The van der Waals surface area contributed by atoms with Gasteiger partial charge in [0, 0.05) is 12.2 Å². The van der Waals surface area contributed by atoms with Gasteiger partial charge in [0.05, 0.1) is 6.04 Å². The third kappa shape index (κ3) is 3.12. The zero-order valence-corrected chi connectivity index (χ0v) is 13.9. The quantitative estimate of drug-likeness (QED) is 0.725. The van der Waals surface area contributed by atoms with E-state index in [-0.39, 0.29) is 18.2 Å². The number of nitrogens with zero attached hydrogens (tertiary/aromatic N) is 2. The lowest BCUT2D eigenvalue weighted by Gasteiger charge is -2.35. The standard InChI is InChI=1S/C17H21ClN2O2/c1-17(2,3)22-16(21)20-13-5-6-14(20)9-12(8-13)11-4-7-15(18)19-10-11/h4,7-8,10,13-14H,5-6,9H2,1-3H3. The van der Waals surface area contributed by atoms with E-state index in [1.165, 1.54) is 5.57 Å². The normalized spacial score (nSPS) is 24.2. The summed E-state index contributed by atoms with van der Waals surface area (Å²) in [6.07, 6.45) is 6.64. The van der Waals surface area contributed by atoms with E-state index < -0.39 is 5.60 Å². The highest BCUT2D eigenvalue weighted by atomic mass is 35.5. The number of carbonyl (C=O) groups excluding carboxylic acids is 1. The topological polar surface area (TPSA) is 42.4 Å². The van der Waals surface area contributed by atoms with Gasteiger partial charge in [0.1, 0.15) is 10.8 Å². The summed E-state index contributed by atoms with van der Waals surface area (Å²) in [6.45, 7) is 5.70. The molecule has 0 saturated carbocycles. The number of carbonyl (C=O) groups is 1. The maximum Gasteiger partial charge on any atom is 0.411 e. The molecule has 0 spiro atoms. The van der Waals surface area contributed by atoms with Crippen LogP contribution in [0.15, 0.2) is 24.4 Å². The number of fused-ring (bicyclic) bond motifs is 2. The van der Waals surface area contributed by atoms with Gasteiger partial charge in [-0.1, -0.05) is 23.7 Å². The van der Waals surface area contributed by atoms with Gasteiger partial charge in [-0.25, -0.2) is 9.78 Å².